The highest BCUT2D eigenvalue weighted by molar-refractivity contribution is 6.30. The summed E-state index contributed by atoms with van der Waals surface area (Å²) in [6.07, 6.45) is 0. The lowest BCUT2D eigenvalue weighted by Crippen LogP contribution is -2.38. The molecule has 0 spiro atoms. The molecule has 0 bridgehead atoms. The van der Waals surface area contributed by atoms with Crippen molar-refractivity contribution in [3.63, 3.8) is 0 Å². The van der Waals surface area contributed by atoms with Crippen molar-refractivity contribution in [2.75, 3.05) is 0 Å². The van der Waals surface area contributed by atoms with Crippen molar-refractivity contribution in [2.45, 2.75) is 11.6 Å². The molecule has 0 aliphatic carbocycles. The number of halogens is 2. The summed E-state index contributed by atoms with van der Waals surface area (Å²) in [4.78, 5) is 0. The molecule has 2 heterocycles. The average Bonchev–Trinajstić information content (AvgIpc) is 3.73. The van der Waals surface area contributed by atoms with Crippen LogP contribution in [-0.4, -0.2) is 30.0 Å². The van der Waals surface area contributed by atoms with Crippen molar-refractivity contribution >= 4 is 45.3 Å². The molecule has 46 heavy (non-hydrogen) atoms. The van der Waals surface area contributed by atoms with Crippen LogP contribution >= 0.6 is 23.2 Å². The van der Waals surface area contributed by atoms with E-state index in [1.54, 1.807) is 0 Å². The summed E-state index contributed by atoms with van der Waals surface area (Å²) in [7, 11) is 0. The number of hydrogen-bond donors (Lipinski definition) is 0. The number of para-hydroxylation sites is 2. The first-order valence-electron chi connectivity index (χ1n) is 14.9. The van der Waals surface area contributed by atoms with Gasteiger partial charge in [-0.25, -0.2) is 9.36 Å². The van der Waals surface area contributed by atoms with Crippen LogP contribution in [0.5, 0.6) is 0 Å². The Bertz CT molecular complexity index is 2280. The molecule has 0 saturated heterocycles. The minimum Gasteiger partial charge on any atom is -0.233 e. The average molecular weight is 638 g/mol. The second kappa shape index (κ2) is 11.6. The van der Waals surface area contributed by atoms with Gasteiger partial charge >= 0.3 is 0 Å². The van der Waals surface area contributed by atoms with Crippen LogP contribution in [-0.2, 0) is 5.54 Å². The van der Waals surface area contributed by atoms with Crippen LogP contribution in [0.15, 0.2) is 152 Å². The van der Waals surface area contributed by atoms with E-state index in [0.29, 0.717) is 10.0 Å². The third-order valence-electron chi connectivity index (χ3n) is 8.57. The Morgan fingerprint density at radius 1 is 0.457 bits per heavy atom. The monoisotopic (exact) mass is 636 g/mol. The van der Waals surface area contributed by atoms with Gasteiger partial charge in [-0.2, -0.15) is 0 Å². The Labute approximate surface area is 275 Å². The predicted octanol–water partition coefficient (Wildman–Crippen LogP) is 8.96. The van der Waals surface area contributed by atoms with Gasteiger partial charge in [0.15, 0.2) is 0 Å². The molecule has 0 N–H and O–H groups in total. The molecule has 8 rings (SSSR count). The maximum Gasteiger partial charge on any atom is 0.140 e. The molecule has 0 fully saturated rings. The number of hydrogen-bond acceptors (Lipinski definition) is 4. The van der Waals surface area contributed by atoms with Gasteiger partial charge in [-0.3, -0.25) is 0 Å². The van der Waals surface area contributed by atoms with Crippen LogP contribution in [0.2, 0.25) is 10.0 Å². The number of fused-ring (bicyclic) bond motifs is 2. The van der Waals surface area contributed by atoms with E-state index >= 15 is 0 Å². The lowest BCUT2D eigenvalue weighted by Gasteiger charge is -2.36. The zero-order valence-electron chi connectivity index (χ0n) is 24.5. The smallest absolute Gasteiger partial charge is 0.140 e. The summed E-state index contributed by atoms with van der Waals surface area (Å²) >= 11 is 12.7. The Kier molecular flexibility index (Phi) is 7.09. The molecule has 8 heteroatoms. The molecule has 2 aromatic heterocycles. The topological polar surface area (TPSA) is 61.4 Å². The summed E-state index contributed by atoms with van der Waals surface area (Å²) in [5, 5.41) is 19.8. The van der Waals surface area contributed by atoms with Crippen molar-refractivity contribution in [3.8, 4) is 0 Å². The summed E-state index contributed by atoms with van der Waals surface area (Å²) in [5.41, 5.74) is 7.79. The second-order valence-electron chi connectivity index (χ2n) is 11.2. The number of nitrogens with zero attached hydrogens (tertiary/aromatic N) is 6. The highest BCUT2D eigenvalue weighted by atomic mass is 35.5. The third-order valence-corrected chi connectivity index (χ3v) is 9.08. The molecule has 6 nitrogen and oxygen atoms in total. The molecule has 2 atom stereocenters. The SMILES string of the molecule is Clc1ccc(C(c2ccc(C(c3ccccc3)(c3ccc(Cl)cc3)n3nnc4ccccc43)cc2)n2nnc3ccccc32)cc1. The third kappa shape index (κ3) is 4.66. The Hall–Kier alpha value is -5.30. The molecule has 0 aliphatic heterocycles. The van der Waals surface area contributed by atoms with Crippen LogP contribution in [0.25, 0.3) is 22.1 Å². The van der Waals surface area contributed by atoms with Crippen LogP contribution < -0.4 is 0 Å². The van der Waals surface area contributed by atoms with Gasteiger partial charge in [0.2, 0.25) is 0 Å². The standard InChI is InChI=1S/C38H26Cl2N6/c39-31-22-16-27(17-23-31)37(45-35-12-6-4-10-33(35)41-43-45)26-14-18-29(19-15-26)38(28-8-2-1-3-9-28,30-20-24-32(40)25-21-30)46-36-13-7-5-11-34(36)42-44-46/h1-25,37H. The van der Waals surface area contributed by atoms with Crippen LogP contribution in [0.1, 0.15) is 33.9 Å². The highest BCUT2D eigenvalue weighted by Crippen LogP contribution is 2.43. The first-order valence-corrected chi connectivity index (χ1v) is 15.7. The van der Waals surface area contributed by atoms with Gasteiger partial charge in [0.25, 0.3) is 0 Å². The Balaban J connectivity index is 1.37. The van der Waals surface area contributed by atoms with Gasteiger partial charge < -0.3 is 0 Å². The largest absolute Gasteiger partial charge is 0.233 e. The summed E-state index contributed by atoms with van der Waals surface area (Å²) in [6, 6.07) is 50.8. The van der Waals surface area contributed by atoms with Gasteiger partial charge in [0, 0.05) is 10.0 Å². The van der Waals surface area contributed by atoms with Crippen molar-refractivity contribution in [2.24, 2.45) is 0 Å². The maximum absolute atomic E-state index is 6.43. The fourth-order valence-corrected chi connectivity index (χ4v) is 6.71. The van der Waals surface area contributed by atoms with Crippen molar-refractivity contribution in [1.29, 1.82) is 0 Å². The summed E-state index contributed by atoms with van der Waals surface area (Å²) in [5.74, 6) is 0. The molecule has 2 unspecified atom stereocenters. The lowest BCUT2D eigenvalue weighted by molar-refractivity contribution is 0.460. The fourth-order valence-electron chi connectivity index (χ4n) is 6.46. The first-order chi connectivity index (χ1) is 22.6. The number of aromatic nitrogens is 6. The minimum atomic E-state index is -0.865. The van der Waals surface area contributed by atoms with Crippen LogP contribution in [0.4, 0.5) is 0 Å². The Morgan fingerprint density at radius 3 is 1.57 bits per heavy atom. The number of rotatable bonds is 7. The molecule has 222 valence electrons. The van der Waals surface area contributed by atoms with E-state index in [4.69, 9.17) is 28.4 Å². The molecule has 0 amide bonds. The molecule has 0 saturated carbocycles. The minimum absolute atomic E-state index is 0.243. The van der Waals surface area contributed by atoms with E-state index in [2.05, 4.69) is 82.1 Å². The quantitative estimate of drug-likeness (QED) is 0.164. The summed E-state index contributed by atoms with van der Waals surface area (Å²) < 4.78 is 4.00. The van der Waals surface area contributed by atoms with Gasteiger partial charge in [0.05, 0.1) is 11.0 Å². The molecule has 0 aliphatic rings. The van der Waals surface area contributed by atoms with Crippen LogP contribution in [0, 0.1) is 0 Å². The molecular weight excluding hydrogens is 611 g/mol. The van der Waals surface area contributed by atoms with E-state index in [1.165, 1.54) is 0 Å². The normalized spacial score (nSPS) is 13.5. The van der Waals surface area contributed by atoms with Crippen LogP contribution in [0.3, 0.4) is 0 Å². The highest BCUT2D eigenvalue weighted by Gasteiger charge is 2.41. The molecule has 0 radical (unpaired) electrons. The van der Waals surface area contributed by atoms with Crippen molar-refractivity contribution < 1.29 is 0 Å². The maximum atomic E-state index is 6.43. The van der Waals surface area contributed by atoms with Gasteiger partial charge in [-0.05, 0) is 76.3 Å². The predicted molar refractivity (Wildman–Crippen MR) is 183 cm³/mol. The van der Waals surface area contributed by atoms with Gasteiger partial charge in [-0.1, -0.05) is 137 Å². The zero-order valence-corrected chi connectivity index (χ0v) is 26.0. The Morgan fingerprint density at radius 2 is 0.913 bits per heavy atom. The van der Waals surface area contributed by atoms with Gasteiger partial charge in [0.1, 0.15) is 22.6 Å². The fraction of sp³-hybridized carbons (Fsp3) is 0.0526. The van der Waals surface area contributed by atoms with Crippen molar-refractivity contribution in [3.05, 3.63) is 190 Å². The molecule has 8 aromatic rings. The van der Waals surface area contributed by atoms with Crippen molar-refractivity contribution in [1.82, 2.24) is 30.0 Å². The molecule has 6 aromatic carbocycles. The number of benzene rings is 6. The molecular formula is C38H26Cl2N6. The van der Waals surface area contributed by atoms with E-state index in [9.17, 15) is 0 Å². The lowest BCUT2D eigenvalue weighted by atomic mass is 9.76. The summed E-state index contributed by atoms with van der Waals surface area (Å²) in [6.45, 7) is 0. The van der Waals surface area contributed by atoms with Gasteiger partial charge in [-0.15, -0.1) is 10.2 Å². The second-order valence-corrected chi connectivity index (χ2v) is 12.0. The van der Waals surface area contributed by atoms with E-state index in [1.807, 2.05) is 94.3 Å². The van der Waals surface area contributed by atoms with E-state index < -0.39 is 5.54 Å². The van der Waals surface area contributed by atoms with E-state index in [-0.39, 0.29) is 6.04 Å². The van der Waals surface area contributed by atoms with E-state index in [0.717, 1.165) is 49.9 Å². The zero-order chi connectivity index (χ0) is 31.1. The first kappa shape index (κ1) is 28.2.